The number of fused-ring (bicyclic) bond motifs is 2. The van der Waals surface area contributed by atoms with Gasteiger partial charge in [-0.3, -0.25) is 14.6 Å². The van der Waals surface area contributed by atoms with Gasteiger partial charge in [0, 0.05) is 29.3 Å². The molecule has 4 aromatic rings. The van der Waals surface area contributed by atoms with Crippen molar-refractivity contribution < 1.29 is 18.0 Å². The molecule has 1 saturated carbocycles. The Morgan fingerprint density at radius 1 is 1.05 bits per heavy atom. The number of nitrogens with zero attached hydrogens (tertiary/aromatic N) is 2. The first-order valence-electron chi connectivity index (χ1n) is 12.1. The summed E-state index contributed by atoms with van der Waals surface area (Å²) in [5.74, 6) is -0.955. The van der Waals surface area contributed by atoms with Gasteiger partial charge in [-0.2, -0.15) is 0 Å². The second-order valence-electron chi connectivity index (χ2n) is 9.51. The molecule has 2 amide bonds. The maximum atomic E-state index is 12.8. The second kappa shape index (κ2) is 9.08. The topological polar surface area (TPSA) is 118 Å². The molecule has 0 unspecified atom stereocenters. The van der Waals surface area contributed by atoms with Crippen molar-refractivity contribution in [1.29, 1.82) is 0 Å². The van der Waals surface area contributed by atoms with Gasteiger partial charge in [0.15, 0.2) is 9.84 Å². The lowest BCUT2D eigenvalue weighted by Crippen LogP contribution is -2.26. The van der Waals surface area contributed by atoms with Gasteiger partial charge in [0.2, 0.25) is 5.91 Å². The molecule has 8 nitrogen and oxygen atoms in total. The van der Waals surface area contributed by atoms with Gasteiger partial charge in [-0.05, 0) is 66.3 Å². The summed E-state index contributed by atoms with van der Waals surface area (Å²) in [6, 6.07) is 18.8. The van der Waals surface area contributed by atoms with Crippen molar-refractivity contribution in [2.75, 3.05) is 5.75 Å². The number of nitrogens with one attached hydrogen (secondary N) is 2. The van der Waals surface area contributed by atoms with E-state index in [1.165, 1.54) is 24.5 Å². The first-order valence-corrected chi connectivity index (χ1v) is 13.8. The third-order valence-corrected chi connectivity index (χ3v) is 8.45. The van der Waals surface area contributed by atoms with Crippen molar-refractivity contribution in [1.82, 2.24) is 20.6 Å². The van der Waals surface area contributed by atoms with E-state index in [1.807, 2.05) is 18.2 Å². The zero-order valence-electron chi connectivity index (χ0n) is 19.9. The third kappa shape index (κ3) is 4.82. The lowest BCUT2D eigenvalue weighted by molar-refractivity contribution is -0.118. The number of pyridine rings is 2. The summed E-state index contributed by atoms with van der Waals surface area (Å²) in [6.07, 6.45) is 4.22. The molecule has 2 aliphatic rings. The van der Waals surface area contributed by atoms with Crippen molar-refractivity contribution in [2.24, 2.45) is 0 Å². The van der Waals surface area contributed by atoms with Crippen LogP contribution in [0.5, 0.6) is 0 Å². The number of sulfone groups is 1. The Hall–Kier alpha value is -4.11. The maximum absolute atomic E-state index is 12.8. The lowest BCUT2D eigenvalue weighted by Gasteiger charge is -2.10. The number of hydrogen-bond acceptors (Lipinski definition) is 6. The summed E-state index contributed by atoms with van der Waals surface area (Å²) in [6.45, 7) is 0.262. The predicted molar refractivity (Wildman–Crippen MR) is 138 cm³/mol. The molecule has 2 aromatic heterocycles. The van der Waals surface area contributed by atoms with Gasteiger partial charge < -0.3 is 10.6 Å². The number of carbonyl (C=O) groups excluding carboxylic acids is 2. The Bertz CT molecular complexity index is 1680. The number of rotatable bonds is 5. The largest absolute Gasteiger partial charge is 0.351 e. The van der Waals surface area contributed by atoms with E-state index in [2.05, 4.69) is 39.9 Å². The fourth-order valence-corrected chi connectivity index (χ4v) is 6.03. The van der Waals surface area contributed by atoms with Gasteiger partial charge in [0.05, 0.1) is 28.3 Å². The number of hydrogen-bond donors (Lipinski definition) is 2. The molecule has 1 aliphatic carbocycles. The molecule has 1 fully saturated rings. The standard InChI is InChI=1S/C28H24N4O4S/c33-27-16-37(35,36)26-11-20(6-7-22(26)14-30-27)28(34)31-15-23-12-25-21(13-29-23)8-9-24(32-25)19-3-1-2-18(10-19)17-4-5-17/h1-3,6-13,17H,4-5,14-16H2,(H,30,33)(H,31,34). The summed E-state index contributed by atoms with van der Waals surface area (Å²) >= 11 is 0. The smallest absolute Gasteiger partial charge is 0.251 e. The molecule has 0 spiro atoms. The van der Waals surface area contributed by atoms with Crippen molar-refractivity contribution in [3.8, 4) is 11.3 Å². The number of benzene rings is 2. The van der Waals surface area contributed by atoms with E-state index in [-0.39, 0.29) is 23.5 Å². The molecule has 9 heteroatoms. The highest BCUT2D eigenvalue weighted by atomic mass is 32.2. The molecule has 2 N–H and O–H groups in total. The molecule has 0 atom stereocenters. The first kappa shape index (κ1) is 23.3. The summed E-state index contributed by atoms with van der Waals surface area (Å²) in [5, 5.41) is 6.26. The van der Waals surface area contributed by atoms with Crippen LogP contribution in [0.2, 0.25) is 0 Å². The van der Waals surface area contributed by atoms with Crippen LogP contribution in [0.1, 0.15) is 45.9 Å². The van der Waals surface area contributed by atoms with E-state index in [1.54, 1.807) is 18.3 Å². The van der Waals surface area contributed by atoms with E-state index in [9.17, 15) is 18.0 Å². The summed E-state index contributed by atoms with van der Waals surface area (Å²) in [4.78, 5) is 33.8. The van der Waals surface area contributed by atoms with Crippen LogP contribution in [0.15, 0.2) is 71.8 Å². The zero-order valence-corrected chi connectivity index (χ0v) is 20.7. The minimum Gasteiger partial charge on any atom is -0.351 e. The Balaban J connectivity index is 1.21. The van der Waals surface area contributed by atoms with Gasteiger partial charge in [-0.15, -0.1) is 0 Å². The average molecular weight is 513 g/mol. The van der Waals surface area contributed by atoms with Crippen molar-refractivity contribution in [3.05, 3.63) is 89.2 Å². The van der Waals surface area contributed by atoms with E-state index < -0.39 is 27.4 Å². The molecule has 37 heavy (non-hydrogen) atoms. The maximum Gasteiger partial charge on any atom is 0.251 e. The monoisotopic (exact) mass is 512 g/mol. The van der Waals surface area contributed by atoms with E-state index >= 15 is 0 Å². The molecule has 2 aromatic carbocycles. The molecular formula is C28H24N4O4S. The van der Waals surface area contributed by atoms with Gasteiger partial charge in [-0.25, -0.2) is 13.4 Å². The SMILES string of the molecule is O=C1CS(=O)(=O)c2cc(C(=O)NCc3cc4nc(-c5cccc(C6CC6)c5)ccc4cn3)ccc2CN1. The van der Waals surface area contributed by atoms with E-state index in [4.69, 9.17) is 4.98 Å². The summed E-state index contributed by atoms with van der Waals surface area (Å²) < 4.78 is 25.1. The van der Waals surface area contributed by atoms with Crippen LogP contribution in [0.4, 0.5) is 0 Å². The third-order valence-electron chi connectivity index (χ3n) is 6.75. The van der Waals surface area contributed by atoms with Crippen LogP contribution in [0.3, 0.4) is 0 Å². The Morgan fingerprint density at radius 2 is 1.92 bits per heavy atom. The molecule has 6 rings (SSSR count). The van der Waals surface area contributed by atoms with Crippen LogP contribution < -0.4 is 10.6 Å². The fourth-order valence-electron chi connectivity index (χ4n) is 4.58. The average Bonchev–Trinajstić information content (AvgIpc) is 3.76. The van der Waals surface area contributed by atoms with Gasteiger partial charge >= 0.3 is 0 Å². The van der Waals surface area contributed by atoms with E-state index in [0.29, 0.717) is 17.2 Å². The van der Waals surface area contributed by atoms with E-state index in [0.717, 1.165) is 22.2 Å². The zero-order chi connectivity index (χ0) is 25.6. The Labute approximate surface area is 214 Å². The van der Waals surface area contributed by atoms with Gasteiger partial charge in [0.25, 0.3) is 5.91 Å². The number of amides is 2. The number of carbonyl (C=O) groups is 2. The summed E-state index contributed by atoms with van der Waals surface area (Å²) in [7, 11) is -3.82. The molecule has 3 heterocycles. The first-order chi connectivity index (χ1) is 17.9. The Kier molecular flexibility index (Phi) is 5.72. The minimum absolute atomic E-state index is 0.00446. The highest BCUT2D eigenvalue weighted by Crippen LogP contribution is 2.41. The molecule has 0 bridgehead atoms. The van der Waals surface area contributed by atoms with Crippen LogP contribution in [-0.4, -0.2) is 36.0 Å². The summed E-state index contributed by atoms with van der Waals surface area (Å²) in [5.41, 5.74) is 5.39. The van der Waals surface area contributed by atoms with Crippen molar-refractivity contribution in [3.63, 3.8) is 0 Å². The quantitative estimate of drug-likeness (QED) is 0.423. The van der Waals surface area contributed by atoms with Crippen molar-refractivity contribution in [2.45, 2.75) is 36.7 Å². The molecular weight excluding hydrogens is 488 g/mol. The van der Waals surface area contributed by atoms with Crippen LogP contribution in [0, 0.1) is 0 Å². The lowest BCUT2D eigenvalue weighted by atomic mass is 10.0. The molecule has 0 saturated heterocycles. The highest BCUT2D eigenvalue weighted by Gasteiger charge is 2.27. The fraction of sp³-hybridized carbons (Fsp3) is 0.214. The molecule has 186 valence electrons. The molecule has 0 radical (unpaired) electrons. The van der Waals surface area contributed by atoms with Crippen LogP contribution in [-0.2, 0) is 27.7 Å². The van der Waals surface area contributed by atoms with Crippen LogP contribution in [0.25, 0.3) is 22.2 Å². The van der Waals surface area contributed by atoms with Gasteiger partial charge in [-0.1, -0.05) is 24.3 Å². The number of aromatic nitrogens is 2. The minimum atomic E-state index is -3.82. The highest BCUT2D eigenvalue weighted by molar-refractivity contribution is 7.92. The van der Waals surface area contributed by atoms with Crippen molar-refractivity contribution >= 4 is 32.6 Å². The second-order valence-corrected chi connectivity index (χ2v) is 11.5. The van der Waals surface area contributed by atoms with Gasteiger partial charge in [0.1, 0.15) is 5.75 Å². The predicted octanol–water partition coefficient (Wildman–Crippen LogP) is 3.51. The Morgan fingerprint density at radius 3 is 2.76 bits per heavy atom. The molecule has 1 aliphatic heterocycles. The van der Waals surface area contributed by atoms with Crippen LogP contribution >= 0.6 is 0 Å². The normalized spacial score (nSPS) is 16.5.